The molecular weight excluding hydrogens is 370 g/mol. The van der Waals surface area contributed by atoms with Crippen molar-refractivity contribution < 1.29 is 28.7 Å². The Hall–Kier alpha value is -2.23. The molecule has 0 spiro atoms. The average molecular weight is 396 g/mol. The van der Waals surface area contributed by atoms with Gasteiger partial charge in [0.25, 0.3) is 0 Å². The van der Waals surface area contributed by atoms with Crippen LogP contribution in [0.3, 0.4) is 0 Å². The Kier molecular flexibility index (Phi) is 8.43. The molecule has 148 valence electrons. The van der Waals surface area contributed by atoms with Crippen molar-refractivity contribution in [1.29, 1.82) is 0 Å². The van der Waals surface area contributed by atoms with Gasteiger partial charge < -0.3 is 29.7 Å². The molecule has 2 rings (SSSR count). The highest BCUT2D eigenvalue weighted by molar-refractivity contribution is 7.80. The number of quaternary nitrogens is 1. The third-order valence-electron chi connectivity index (χ3n) is 4.23. The number of anilines is 1. The molecule has 0 amide bonds. The molecule has 1 aliphatic heterocycles. The lowest BCUT2D eigenvalue weighted by molar-refractivity contribution is -0.908. The van der Waals surface area contributed by atoms with Crippen LogP contribution in [0.2, 0.25) is 0 Å². The summed E-state index contributed by atoms with van der Waals surface area (Å²) in [6.45, 7) is 5.52. The average Bonchev–Trinajstić information content (AvgIpc) is 2.70. The molecular formula is C18H26N3O5S+. The molecule has 9 heteroatoms. The SMILES string of the molecule is COC(=O)c1cc(NC(=S)NCCC[NH+]2CCOCC2)cc(C(=O)OC)c1. The summed E-state index contributed by atoms with van der Waals surface area (Å²) in [5.41, 5.74) is 0.984. The van der Waals surface area contributed by atoms with E-state index in [-0.39, 0.29) is 11.1 Å². The molecule has 3 N–H and O–H groups in total. The number of thiocarbonyl (C=S) groups is 1. The number of hydrogen-bond acceptors (Lipinski definition) is 6. The van der Waals surface area contributed by atoms with Crippen molar-refractivity contribution in [1.82, 2.24) is 5.32 Å². The van der Waals surface area contributed by atoms with Crippen molar-refractivity contribution in [2.24, 2.45) is 0 Å². The van der Waals surface area contributed by atoms with E-state index in [1.54, 1.807) is 12.1 Å². The maximum absolute atomic E-state index is 11.8. The monoisotopic (exact) mass is 396 g/mol. The molecule has 1 fully saturated rings. The smallest absolute Gasteiger partial charge is 0.337 e. The fourth-order valence-electron chi connectivity index (χ4n) is 2.80. The zero-order valence-corrected chi connectivity index (χ0v) is 16.4. The van der Waals surface area contributed by atoms with Gasteiger partial charge in [0.15, 0.2) is 5.11 Å². The van der Waals surface area contributed by atoms with Crippen molar-refractivity contribution in [2.75, 3.05) is 58.9 Å². The van der Waals surface area contributed by atoms with Crippen molar-refractivity contribution in [3.8, 4) is 0 Å². The van der Waals surface area contributed by atoms with Crippen LogP contribution in [-0.4, -0.2) is 70.7 Å². The van der Waals surface area contributed by atoms with E-state index in [9.17, 15) is 9.59 Å². The topological polar surface area (TPSA) is 90.3 Å². The molecule has 27 heavy (non-hydrogen) atoms. The molecule has 0 aromatic heterocycles. The first-order chi connectivity index (χ1) is 13.0. The van der Waals surface area contributed by atoms with Gasteiger partial charge in [-0.25, -0.2) is 9.59 Å². The standard InChI is InChI=1S/C18H25N3O5S/c1-24-16(22)13-10-14(17(23)25-2)12-15(11-13)20-18(27)19-4-3-5-21-6-8-26-9-7-21/h10-12H,3-9H2,1-2H3,(H2,19,20,27)/p+1. The Morgan fingerprint density at radius 2 is 1.70 bits per heavy atom. The van der Waals surface area contributed by atoms with Crippen molar-refractivity contribution in [2.45, 2.75) is 6.42 Å². The fourth-order valence-corrected chi connectivity index (χ4v) is 3.02. The highest BCUT2D eigenvalue weighted by Gasteiger charge is 2.15. The third kappa shape index (κ3) is 6.78. The van der Waals surface area contributed by atoms with Gasteiger partial charge in [0, 0.05) is 18.7 Å². The largest absolute Gasteiger partial charge is 0.465 e. The number of ether oxygens (including phenoxy) is 3. The molecule has 0 radical (unpaired) electrons. The number of esters is 2. The van der Waals surface area contributed by atoms with Crippen LogP contribution in [0.4, 0.5) is 5.69 Å². The van der Waals surface area contributed by atoms with Crippen LogP contribution < -0.4 is 15.5 Å². The van der Waals surface area contributed by atoms with E-state index in [4.69, 9.17) is 26.4 Å². The number of nitrogens with one attached hydrogen (secondary N) is 3. The first-order valence-electron chi connectivity index (χ1n) is 8.81. The molecule has 1 saturated heterocycles. The minimum Gasteiger partial charge on any atom is -0.465 e. The van der Waals surface area contributed by atoms with E-state index in [0.29, 0.717) is 10.8 Å². The highest BCUT2D eigenvalue weighted by Crippen LogP contribution is 2.17. The lowest BCUT2D eigenvalue weighted by atomic mass is 10.1. The maximum atomic E-state index is 11.8. The normalized spacial score (nSPS) is 14.3. The van der Waals surface area contributed by atoms with Crippen LogP contribution in [0.5, 0.6) is 0 Å². The van der Waals surface area contributed by atoms with Gasteiger partial charge in [-0.15, -0.1) is 0 Å². The minimum atomic E-state index is -0.545. The summed E-state index contributed by atoms with van der Waals surface area (Å²) < 4.78 is 14.8. The van der Waals surface area contributed by atoms with Gasteiger partial charge in [-0.05, 0) is 30.4 Å². The highest BCUT2D eigenvalue weighted by atomic mass is 32.1. The second-order valence-electron chi connectivity index (χ2n) is 6.13. The number of rotatable bonds is 7. The van der Waals surface area contributed by atoms with Crippen molar-refractivity contribution >= 4 is 35.0 Å². The lowest BCUT2D eigenvalue weighted by Crippen LogP contribution is -3.14. The maximum Gasteiger partial charge on any atom is 0.337 e. The molecule has 0 atom stereocenters. The summed E-state index contributed by atoms with van der Waals surface area (Å²) in [5, 5.41) is 6.56. The van der Waals surface area contributed by atoms with Gasteiger partial charge in [-0.1, -0.05) is 0 Å². The minimum absolute atomic E-state index is 0.238. The molecule has 0 unspecified atom stereocenters. The summed E-state index contributed by atoms with van der Waals surface area (Å²) in [4.78, 5) is 25.2. The van der Waals surface area contributed by atoms with Crippen LogP contribution in [0, 0.1) is 0 Å². The second-order valence-corrected chi connectivity index (χ2v) is 6.54. The van der Waals surface area contributed by atoms with Gasteiger partial charge in [-0.3, -0.25) is 0 Å². The number of benzene rings is 1. The zero-order valence-electron chi connectivity index (χ0n) is 15.6. The van der Waals surface area contributed by atoms with E-state index < -0.39 is 11.9 Å². The van der Waals surface area contributed by atoms with Gasteiger partial charge in [-0.2, -0.15) is 0 Å². The van der Waals surface area contributed by atoms with Gasteiger partial charge >= 0.3 is 11.9 Å². The summed E-state index contributed by atoms with van der Waals surface area (Å²) >= 11 is 5.30. The van der Waals surface area contributed by atoms with Gasteiger partial charge in [0.05, 0.1) is 45.1 Å². The quantitative estimate of drug-likeness (QED) is 0.333. The molecule has 8 nitrogen and oxygen atoms in total. The molecule has 0 aliphatic carbocycles. The first kappa shape index (κ1) is 21.1. The van der Waals surface area contributed by atoms with Gasteiger partial charge in [0.1, 0.15) is 13.1 Å². The summed E-state index contributed by atoms with van der Waals surface area (Å²) in [7, 11) is 2.56. The molecule has 0 bridgehead atoms. The Morgan fingerprint density at radius 3 is 2.26 bits per heavy atom. The molecule has 0 saturated carbocycles. The summed E-state index contributed by atoms with van der Waals surface area (Å²) in [6.07, 6.45) is 0.979. The van der Waals surface area contributed by atoms with Crippen molar-refractivity contribution in [3.05, 3.63) is 29.3 Å². The van der Waals surface area contributed by atoms with Gasteiger partial charge in [0.2, 0.25) is 0 Å². The molecule has 1 aromatic carbocycles. The number of morpholine rings is 1. The van der Waals surface area contributed by atoms with Crippen LogP contribution in [-0.2, 0) is 14.2 Å². The van der Waals surface area contributed by atoms with Crippen LogP contribution >= 0.6 is 12.2 Å². The molecule has 1 aromatic rings. The Balaban J connectivity index is 1.89. The van der Waals surface area contributed by atoms with E-state index in [0.717, 1.165) is 45.8 Å². The number of hydrogen-bond donors (Lipinski definition) is 3. The van der Waals surface area contributed by atoms with Crippen molar-refractivity contribution in [3.63, 3.8) is 0 Å². The number of carbonyl (C=O) groups excluding carboxylic acids is 2. The second kappa shape index (κ2) is 10.8. The number of carbonyl (C=O) groups is 2. The predicted molar refractivity (Wildman–Crippen MR) is 104 cm³/mol. The Morgan fingerprint density at radius 1 is 1.11 bits per heavy atom. The Labute approximate surface area is 164 Å². The van der Waals surface area contributed by atoms with Crippen LogP contribution in [0.15, 0.2) is 18.2 Å². The molecule has 1 aliphatic rings. The third-order valence-corrected chi connectivity index (χ3v) is 4.47. The lowest BCUT2D eigenvalue weighted by Gasteiger charge is -2.23. The summed E-state index contributed by atoms with van der Waals surface area (Å²) in [6, 6.07) is 4.57. The van der Waals surface area contributed by atoms with Crippen LogP contribution in [0.1, 0.15) is 27.1 Å². The van der Waals surface area contributed by atoms with E-state index in [1.165, 1.54) is 25.2 Å². The fraction of sp³-hybridized carbons (Fsp3) is 0.500. The Bertz CT molecular complexity index is 643. The summed E-state index contributed by atoms with van der Waals surface area (Å²) in [5.74, 6) is -1.09. The van der Waals surface area contributed by atoms with Crippen LogP contribution in [0.25, 0.3) is 0 Å². The van der Waals surface area contributed by atoms with E-state index in [2.05, 4.69) is 10.6 Å². The molecule has 1 heterocycles. The van der Waals surface area contributed by atoms with E-state index in [1.807, 2.05) is 0 Å². The first-order valence-corrected chi connectivity index (χ1v) is 9.22. The van der Waals surface area contributed by atoms with E-state index >= 15 is 0 Å². The number of methoxy groups -OCH3 is 2. The zero-order chi connectivity index (χ0) is 19.6. The predicted octanol–water partition coefficient (Wildman–Crippen LogP) is -0.149.